The first-order valence-corrected chi connectivity index (χ1v) is 46.2. The van der Waals surface area contributed by atoms with Crippen molar-refractivity contribution in [3.63, 3.8) is 0 Å². The average Bonchev–Trinajstić information content (AvgIpc) is 1.89. The van der Waals surface area contributed by atoms with E-state index in [1.165, 1.54) is 48.5 Å². The first-order valence-electron chi connectivity index (χ1n) is 45.0. The van der Waals surface area contributed by atoms with Crippen molar-refractivity contribution in [3.05, 3.63) is 239 Å². The lowest BCUT2D eigenvalue weighted by molar-refractivity contribution is 0.0619. The Kier molecular flexibility index (Phi) is 32.9. The monoisotopic (exact) mass is 1950 g/mol. The van der Waals surface area contributed by atoms with Gasteiger partial charge in [0.25, 0.3) is 23.6 Å². The van der Waals surface area contributed by atoms with Crippen LogP contribution in [0, 0.1) is 56.8 Å². The van der Waals surface area contributed by atoms with E-state index in [1.54, 1.807) is 85.9 Å². The molecular weight excluding hydrogens is 1830 g/mol. The van der Waals surface area contributed by atoms with E-state index in [0.717, 1.165) is 36.9 Å². The van der Waals surface area contributed by atoms with Crippen LogP contribution in [0.5, 0.6) is 23.0 Å². The highest BCUT2D eigenvalue weighted by Crippen LogP contribution is 2.47. The van der Waals surface area contributed by atoms with Gasteiger partial charge in [-0.25, -0.2) is 61.8 Å². The summed E-state index contributed by atoms with van der Waals surface area (Å²) in [4.78, 5) is 92.3. The van der Waals surface area contributed by atoms with E-state index in [2.05, 4.69) is 45.9 Å². The molecule has 11 N–H and O–H groups in total. The molecule has 8 aromatic heterocycles. The van der Waals surface area contributed by atoms with E-state index in [9.17, 15) is 23.6 Å². The number of carbonyl (C=O) groups is 4. The van der Waals surface area contributed by atoms with Crippen molar-refractivity contribution in [2.45, 2.75) is 203 Å². The summed E-state index contributed by atoms with van der Waals surface area (Å²) in [6.07, 6.45) is 15.4. The molecule has 0 spiro atoms. The van der Waals surface area contributed by atoms with E-state index < -0.39 is 70.1 Å². The lowest BCUT2D eigenvalue weighted by Crippen LogP contribution is -2.41. The van der Waals surface area contributed by atoms with Crippen LogP contribution in [-0.4, -0.2) is 188 Å². The molecule has 31 nitrogen and oxygen atoms in total. The molecule has 730 valence electrons. The number of fused-ring (bicyclic) bond motifs is 4. The second kappa shape index (κ2) is 43.7. The maximum absolute atomic E-state index is 15.4. The fourth-order valence-electron chi connectivity index (χ4n) is 16.8. The summed E-state index contributed by atoms with van der Waals surface area (Å²) in [7, 11) is 5.38. The Morgan fingerprint density at radius 2 is 0.861 bits per heavy atom. The predicted octanol–water partition coefficient (Wildman–Crippen LogP) is 18.0. The minimum Gasteiger partial charge on any atom is -0.490 e. The molecule has 0 bridgehead atoms. The SMILES string of the molecule is CCOCC1(NC(=O)c2c(F)c(Cl)cc(C(C)c3nc(C)c4c(N)nccn34)c2OC(C)C)CC1.COCC1CCCN1C(=O)c1c(F)ccc(C(C)c2nc(C)c3c(N)nccn23)c1OC(C)C.Cc1nc(C(C)c2cc(Cl)c(F)c(C(=O)NCCN(C)C)c2OC(C)C)n2ccnc(N)c12.Cc1nc(C(C)c2cc(Cl)c(F)c(C(=O)Nc3ccc(F)cc3)c2OC(C)C)n2ccnc(N)c12. The second-order valence-electron chi connectivity index (χ2n) is 35.3. The third-order valence-electron chi connectivity index (χ3n) is 23.4. The maximum Gasteiger partial charge on any atom is 0.262 e. The molecule has 1 saturated carbocycles. The molecule has 13 aromatic rings. The summed E-state index contributed by atoms with van der Waals surface area (Å²) in [6.45, 7) is 34.2. The first kappa shape index (κ1) is 103. The van der Waals surface area contributed by atoms with Gasteiger partial charge in [0.2, 0.25) is 0 Å². The summed E-state index contributed by atoms with van der Waals surface area (Å²) < 4.78 is 117. The van der Waals surface area contributed by atoms with Gasteiger partial charge < -0.3 is 77.1 Å². The average molecular weight is 1950 g/mol. The van der Waals surface area contributed by atoms with Crippen LogP contribution in [0.3, 0.4) is 0 Å². The summed E-state index contributed by atoms with van der Waals surface area (Å²) >= 11 is 18.8. The Bertz CT molecular complexity index is 6650. The highest BCUT2D eigenvalue weighted by atomic mass is 35.5. The minimum atomic E-state index is -0.921. The van der Waals surface area contributed by atoms with Crippen molar-refractivity contribution in [2.75, 3.05) is 88.9 Å². The van der Waals surface area contributed by atoms with Gasteiger partial charge in [0.05, 0.1) is 87.1 Å². The molecule has 5 atom stereocenters. The van der Waals surface area contributed by atoms with E-state index >= 15 is 17.6 Å². The third-order valence-corrected chi connectivity index (χ3v) is 24.2. The van der Waals surface area contributed by atoms with Gasteiger partial charge >= 0.3 is 0 Å². The number of nitrogens with two attached hydrogens (primary N) is 4. The molecule has 5 unspecified atom stereocenters. The fourth-order valence-corrected chi connectivity index (χ4v) is 17.4. The number of amides is 4. The zero-order valence-electron chi connectivity index (χ0n) is 80.3. The van der Waals surface area contributed by atoms with Crippen LogP contribution in [0.4, 0.5) is 50.9 Å². The highest BCUT2D eigenvalue weighted by molar-refractivity contribution is 6.32. The van der Waals surface area contributed by atoms with Crippen LogP contribution >= 0.6 is 34.8 Å². The van der Waals surface area contributed by atoms with Gasteiger partial charge in [-0.1, -0.05) is 68.6 Å². The minimum absolute atomic E-state index is 0.0418. The van der Waals surface area contributed by atoms with Crippen LogP contribution in [-0.2, 0) is 9.47 Å². The number of imidazole rings is 4. The van der Waals surface area contributed by atoms with Crippen LogP contribution in [0.2, 0.25) is 15.1 Å². The number of methoxy groups -OCH3 is 1. The summed E-state index contributed by atoms with van der Waals surface area (Å²) in [5.74, 6) is -2.90. The number of anilines is 5. The van der Waals surface area contributed by atoms with Crippen molar-refractivity contribution in [2.24, 2.45) is 0 Å². The van der Waals surface area contributed by atoms with Crippen molar-refractivity contribution in [1.82, 2.24) is 77.9 Å². The quantitative estimate of drug-likeness (QED) is 0.0206. The predicted molar refractivity (Wildman–Crippen MR) is 519 cm³/mol. The first-order chi connectivity index (χ1) is 64.9. The number of nitrogens with one attached hydrogen (secondary N) is 3. The van der Waals surface area contributed by atoms with Gasteiger partial charge in [-0.3, -0.25) is 36.8 Å². The molecule has 15 rings (SSSR count). The molecule has 2 fully saturated rings. The Balaban J connectivity index is 0.000000164. The normalized spacial score (nSPS) is 14.3. The summed E-state index contributed by atoms with van der Waals surface area (Å²) in [5.41, 5.74) is 31.1. The second-order valence-corrected chi connectivity index (χ2v) is 36.5. The van der Waals surface area contributed by atoms with Gasteiger partial charge in [-0.2, -0.15) is 0 Å². The number of aromatic nitrogens is 12. The number of nitrogen functional groups attached to an aromatic ring is 4. The van der Waals surface area contributed by atoms with Crippen LogP contribution in [0.25, 0.3) is 22.1 Å². The lowest BCUT2D eigenvalue weighted by Gasteiger charge is -2.27. The number of ether oxygens (including phenoxy) is 6. The van der Waals surface area contributed by atoms with Gasteiger partial charge in [-0.15, -0.1) is 0 Å². The summed E-state index contributed by atoms with van der Waals surface area (Å²) in [5, 5.41) is 7.73. The number of likely N-dealkylation sites (tertiary alicyclic amines) is 1. The molecular formula is C98H117Cl3F5N21O10. The van der Waals surface area contributed by atoms with E-state index in [1.807, 2.05) is 136 Å². The smallest absolute Gasteiger partial charge is 0.262 e. The van der Waals surface area contributed by atoms with Crippen molar-refractivity contribution in [3.8, 4) is 23.0 Å². The number of halogens is 8. The number of aryl methyl sites for hydroxylation is 4. The third kappa shape index (κ3) is 22.4. The molecule has 2 aliphatic rings. The highest BCUT2D eigenvalue weighted by Gasteiger charge is 2.46. The van der Waals surface area contributed by atoms with E-state index in [4.69, 9.17) is 96.1 Å². The Labute approximate surface area is 806 Å². The van der Waals surface area contributed by atoms with E-state index in [0.29, 0.717) is 148 Å². The van der Waals surface area contributed by atoms with Crippen molar-refractivity contribution in [1.29, 1.82) is 0 Å². The standard InChI is InChI=1S/C25H24ClF2N5O2.C25H31ClFN5O3.C25H32FN5O3.C23H30ClFN6O2/c1-12(2)35-22-17(13(3)24-31-14(4)21-23(29)30-9-10-33(21)24)11-18(26)20(28)19(22)25(34)32-16-7-5-15(27)6-8-16;1-6-34-12-25(7-8-25)31-24(33)18-19(27)17(26)11-16(21(18)35-13(2)3)14(4)23-30-15(5)20-22(28)29-9-10-32(20)23;1-14(2)34-22-18(15(3)24-29-16(4)21-23(27)28-10-12-31(21)24)8-9-19(26)20(22)25(32)30-11-6-7-17(30)13-33-5;1-12(2)33-20-15(11-16(24)18(25)17(20)23(32)28-7-9-30(5)6)13(3)22-29-14(4)19-21(26)27-8-10-31(19)22/h5-13H,1-4H3,(H2,29,30)(H,32,34);9-11,13-14H,6-8,12H2,1-5H3,(H2,28,29)(H,31,33);8-10,12,14-15,17H,6-7,11,13H2,1-5H3,(H2,27,28);8,10-13H,7,9H2,1-6H3,(H2,26,27)(H,28,32). The Morgan fingerprint density at radius 3 is 1.21 bits per heavy atom. The van der Waals surface area contributed by atoms with E-state index in [-0.39, 0.29) is 103 Å². The number of likely N-dealkylation sites (N-methyl/N-ethyl adjacent to an activating group) is 1. The number of hydrogen-bond acceptors (Lipinski definition) is 23. The zero-order chi connectivity index (χ0) is 99.9. The van der Waals surface area contributed by atoms with Gasteiger partial charge in [0.1, 0.15) is 126 Å². The molecule has 5 aromatic carbocycles. The fraction of sp³-hybridized carbons (Fsp3) is 0.408. The van der Waals surface area contributed by atoms with Gasteiger partial charge in [0, 0.05) is 135 Å². The summed E-state index contributed by atoms with van der Waals surface area (Å²) in [6, 6.07) is 12.5. The lowest BCUT2D eigenvalue weighted by atomic mass is 9.95. The topological polar surface area (TPSA) is 391 Å². The largest absolute Gasteiger partial charge is 0.490 e. The van der Waals surface area contributed by atoms with Crippen LogP contribution in [0.1, 0.15) is 249 Å². The molecule has 0 radical (unpaired) electrons. The number of benzene rings is 5. The molecule has 1 aliphatic heterocycles. The number of carbonyl (C=O) groups excluding carboxylic acids is 4. The molecule has 1 aliphatic carbocycles. The van der Waals surface area contributed by atoms with Gasteiger partial charge in [0.15, 0.2) is 17.5 Å². The Morgan fingerprint density at radius 1 is 0.504 bits per heavy atom. The van der Waals surface area contributed by atoms with Crippen molar-refractivity contribution >= 4 is 109 Å². The Hall–Kier alpha value is -12.7. The number of rotatable bonds is 30. The number of nitrogens with zero attached hydrogens (tertiary/aromatic N) is 14. The molecule has 9 heterocycles. The number of hydrogen-bond donors (Lipinski definition) is 7. The molecule has 137 heavy (non-hydrogen) atoms. The maximum atomic E-state index is 15.4. The van der Waals surface area contributed by atoms with Gasteiger partial charge in [-0.05, 0) is 178 Å². The molecule has 1 saturated heterocycles. The zero-order valence-corrected chi connectivity index (χ0v) is 82.5. The van der Waals surface area contributed by atoms with Crippen molar-refractivity contribution < 1.29 is 69.6 Å². The molecule has 4 amide bonds. The van der Waals surface area contributed by atoms with Crippen LogP contribution < -0.4 is 57.8 Å². The molecule has 39 heteroatoms. The van der Waals surface area contributed by atoms with Crippen LogP contribution in [0.15, 0.2) is 104 Å².